The number of hydrogen-bond donors (Lipinski definition) is 0. The topological polar surface area (TPSA) is 0 Å². The van der Waals surface area contributed by atoms with Crippen molar-refractivity contribution < 1.29 is 0 Å². The average molecular weight is 302 g/mol. The maximum atomic E-state index is 2.27. The van der Waals surface area contributed by atoms with Gasteiger partial charge in [0.15, 0.2) is 0 Å². The van der Waals surface area contributed by atoms with E-state index in [2.05, 4.69) is 97.3 Å². The Morgan fingerprint density at radius 3 is 2.00 bits per heavy atom. The second-order valence-electron chi connectivity index (χ2n) is 5.04. The molecule has 0 unspecified atom stereocenters. The molecule has 0 aliphatic heterocycles. The van der Waals surface area contributed by atoms with Gasteiger partial charge in [-0.2, -0.15) is 0 Å². The van der Waals surface area contributed by atoms with E-state index < -0.39 is 0 Å². The molecule has 0 N–H and O–H groups in total. The zero-order valence-electron chi connectivity index (χ0n) is 12.6. The maximum Gasteiger partial charge on any atom is 0.0148 e. The molecule has 3 rings (SSSR count). The van der Waals surface area contributed by atoms with Crippen LogP contribution in [0.2, 0.25) is 0 Å². The molecule has 3 aromatic rings. The maximum absolute atomic E-state index is 2.27. The normalized spacial score (nSPS) is 11.4. The summed E-state index contributed by atoms with van der Waals surface area (Å²) in [4.78, 5) is 1.30. The zero-order valence-corrected chi connectivity index (χ0v) is 13.4. The quantitative estimate of drug-likeness (QED) is 0.421. The SMILES string of the molecule is CSc1ccccc1/C(=C/c1ccccc1)c1ccccc1. The molecule has 0 saturated carbocycles. The number of rotatable bonds is 4. The molecule has 0 heterocycles. The summed E-state index contributed by atoms with van der Waals surface area (Å²) >= 11 is 1.79. The molecule has 0 aromatic heterocycles. The third-order valence-corrected chi connectivity index (χ3v) is 4.39. The molecule has 0 nitrogen and oxygen atoms in total. The molecule has 1 heteroatoms. The summed E-state index contributed by atoms with van der Waals surface area (Å²) in [7, 11) is 0. The summed E-state index contributed by atoms with van der Waals surface area (Å²) in [5.41, 5.74) is 5.01. The average Bonchev–Trinajstić information content (AvgIpc) is 2.61. The lowest BCUT2D eigenvalue weighted by Gasteiger charge is -2.12. The fourth-order valence-electron chi connectivity index (χ4n) is 2.52. The van der Waals surface area contributed by atoms with Gasteiger partial charge in [-0.05, 0) is 40.7 Å². The highest BCUT2D eigenvalue weighted by Gasteiger charge is 2.09. The van der Waals surface area contributed by atoms with Crippen LogP contribution in [0, 0.1) is 0 Å². The van der Waals surface area contributed by atoms with E-state index in [9.17, 15) is 0 Å². The monoisotopic (exact) mass is 302 g/mol. The molecule has 22 heavy (non-hydrogen) atoms. The molecule has 108 valence electrons. The van der Waals surface area contributed by atoms with E-state index >= 15 is 0 Å². The fraction of sp³-hybridized carbons (Fsp3) is 0.0476. The summed E-state index contributed by atoms with van der Waals surface area (Å²) in [5, 5.41) is 0. The summed E-state index contributed by atoms with van der Waals surface area (Å²) in [6, 6.07) is 29.7. The molecule has 3 aromatic carbocycles. The van der Waals surface area contributed by atoms with Crippen molar-refractivity contribution in [2.24, 2.45) is 0 Å². The van der Waals surface area contributed by atoms with Gasteiger partial charge in [-0.25, -0.2) is 0 Å². The van der Waals surface area contributed by atoms with Gasteiger partial charge in [0, 0.05) is 4.90 Å². The summed E-state index contributed by atoms with van der Waals surface area (Å²) < 4.78 is 0. The highest BCUT2D eigenvalue weighted by Crippen LogP contribution is 2.32. The Hall–Kier alpha value is -2.25. The lowest BCUT2D eigenvalue weighted by Crippen LogP contribution is -1.91. The van der Waals surface area contributed by atoms with E-state index in [4.69, 9.17) is 0 Å². The Bertz CT molecular complexity index is 758. The minimum atomic E-state index is 1.22. The van der Waals surface area contributed by atoms with E-state index in [-0.39, 0.29) is 0 Å². The van der Waals surface area contributed by atoms with E-state index in [0.29, 0.717) is 0 Å². The molecule has 0 amide bonds. The summed E-state index contributed by atoms with van der Waals surface area (Å²) in [5.74, 6) is 0. The molecule has 0 bridgehead atoms. The predicted molar refractivity (Wildman–Crippen MR) is 98.1 cm³/mol. The van der Waals surface area contributed by atoms with Crippen LogP contribution < -0.4 is 0 Å². The van der Waals surface area contributed by atoms with E-state index in [0.717, 1.165) is 0 Å². The molecule has 0 radical (unpaired) electrons. The number of hydrogen-bond acceptors (Lipinski definition) is 1. The van der Waals surface area contributed by atoms with Crippen LogP contribution in [0.4, 0.5) is 0 Å². The van der Waals surface area contributed by atoms with Crippen LogP contribution in [0.1, 0.15) is 16.7 Å². The number of thioether (sulfide) groups is 1. The molecular formula is C21H18S. The van der Waals surface area contributed by atoms with Gasteiger partial charge in [0.2, 0.25) is 0 Å². The molecule has 0 aliphatic carbocycles. The Balaban J connectivity index is 2.18. The largest absolute Gasteiger partial charge is 0.129 e. The van der Waals surface area contributed by atoms with Crippen LogP contribution in [0.25, 0.3) is 11.6 Å². The standard InChI is InChI=1S/C21H18S/c1-22-21-15-9-8-14-19(21)20(18-12-6-3-7-13-18)16-17-10-4-2-5-11-17/h2-16H,1H3/b20-16+. The highest BCUT2D eigenvalue weighted by molar-refractivity contribution is 7.98. The second-order valence-corrected chi connectivity index (χ2v) is 5.88. The minimum absolute atomic E-state index is 1.22. The van der Waals surface area contributed by atoms with Crippen molar-refractivity contribution in [1.29, 1.82) is 0 Å². The van der Waals surface area contributed by atoms with Crippen LogP contribution in [-0.4, -0.2) is 6.26 Å². The van der Waals surface area contributed by atoms with Crippen LogP contribution in [-0.2, 0) is 0 Å². The second kappa shape index (κ2) is 7.15. The van der Waals surface area contributed by atoms with Gasteiger partial charge in [0.1, 0.15) is 0 Å². The van der Waals surface area contributed by atoms with Gasteiger partial charge < -0.3 is 0 Å². The lowest BCUT2D eigenvalue weighted by molar-refractivity contribution is 1.39. The Labute approximate surface area is 136 Å². The van der Waals surface area contributed by atoms with Crippen LogP contribution in [0.5, 0.6) is 0 Å². The van der Waals surface area contributed by atoms with Gasteiger partial charge in [-0.3, -0.25) is 0 Å². The first-order valence-electron chi connectivity index (χ1n) is 7.34. The van der Waals surface area contributed by atoms with Gasteiger partial charge in [-0.15, -0.1) is 11.8 Å². The van der Waals surface area contributed by atoms with Crippen LogP contribution in [0.15, 0.2) is 89.8 Å². The molecule has 0 fully saturated rings. The van der Waals surface area contributed by atoms with E-state index in [1.807, 2.05) is 0 Å². The fourth-order valence-corrected chi connectivity index (χ4v) is 3.13. The lowest BCUT2D eigenvalue weighted by atomic mass is 9.95. The van der Waals surface area contributed by atoms with Crippen LogP contribution in [0.3, 0.4) is 0 Å². The predicted octanol–water partition coefficient (Wildman–Crippen LogP) is 6.00. The van der Waals surface area contributed by atoms with Crippen molar-refractivity contribution in [2.75, 3.05) is 6.26 Å². The van der Waals surface area contributed by atoms with Crippen molar-refractivity contribution in [1.82, 2.24) is 0 Å². The minimum Gasteiger partial charge on any atom is -0.129 e. The molecule has 0 aliphatic rings. The molecule has 0 atom stereocenters. The number of benzene rings is 3. The van der Waals surface area contributed by atoms with E-state index in [1.165, 1.54) is 27.2 Å². The first-order valence-corrected chi connectivity index (χ1v) is 8.56. The van der Waals surface area contributed by atoms with Crippen molar-refractivity contribution in [3.63, 3.8) is 0 Å². The van der Waals surface area contributed by atoms with Gasteiger partial charge >= 0.3 is 0 Å². The Kier molecular flexibility index (Phi) is 4.77. The first kappa shape index (κ1) is 14.7. The van der Waals surface area contributed by atoms with Gasteiger partial charge in [-0.1, -0.05) is 78.9 Å². The Morgan fingerprint density at radius 2 is 1.32 bits per heavy atom. The molecule has 0 saturated heterocycles. The highest BCUT2D eigenvalue weighted by atomic mass is 32.2. The molecular weight excluding hydrogens is 284 g/mol. The third-order valence-electron chi connectivity index (χ3n) is 3.59. The zero-order chi connectivity index (χ0) is 15.2. The Morgan fingerprint density at radius 1 is 0.727 bits per heavy atom. The smallest absolute Gasteiger partial charge is 0.0148 e. The van der Waals surface area contributed by atoms with Gasteiger partial charge in [0.05, 0.1) is 0 Å². The van der Waals surface area contributed by atoms with Crippen LogP contribution >= 0.6 is 11.8 Å². The third kappa shape index (κ3) is 3.32. The molecule has 0 spiro atoms. The van der Waals surface area contributed by atoms with Crippen molar-refractivity contribution in [3.8, 4) is 0 Å². The summed E-state index contributed by atoms with van der Waals surface area (Å²) in [6.07, 6.45) is 4.40. The van der Waals surface area contributed by atoms with Crippen molar-refractivity contribution >= 4 is 23.4 Å². The van der Waals surface area contributed by atoms with Crippen molar-refractivity contribution in [3.05, 3.63) is 102 Å². The summed E-state index contributed by atoms with van der Waals surface area (Å²) in [6.45, 7) is 0. The van der Waals surface area contributed by atoms with Gasteiger partial charge in [0.25, 0.3) is 0 Å². The van der Waals surface area contributed by atoms with E-state index in [1.54, 1.807) is 11.8 Å². The van der Waals surface area contributed by atoms with Crippen molar-refractivity contribution in [2.45, 2.75) is 4.90 Å². The first-order chi connectivity index (χ1) is 10.9.